The second kappa shape index (κ2) is 23.8. The fourth-order valence-electron chi connectivity index (χ4n) is 6.14. The summed E-state index contributed by atoms with van der Waals surface area (Å²) in [6.45, 7) is -0.942. The van der Waals surface area contributed by atoms with Crippen molar-refractivity contribution in [2.75, 3.05) is 104 Å². The number of nitrogens with one attached hydrogen (secondary N) is 3. The average Bonchev–Trinajstić information content (AvgIpc) is 3.09. The van der Waals surface area contributed by atoms with Crippen LogP contribution in [0, 0.1) is 0 Å². The fourth-order valence-corrected chi connectivity index (χ4v) is 7.84. The highest BCUT2D eigenvalue weighted by Gasteiger charge is 2.52. The van der Waals surface area contributed by atoms with E-state index in [-0.39, 0.29) is 97.9 Å². The molecule has 2 aliphatic heterocycles. The van der Waals surface area contributed by atoms with Crippen LogP contribution in [0.5, 0.6) is 0 Å². The monoisotopic (exact) mass is 879 g/mol. The molecule has 0 radical (unpaired) electrons. The topological polar surface area (TPSA) is 380 Å². The first-order chi connectivity index (χ1) is 27.0. The van der Waals surface area contributed by atoms with Gasteiger partial charge in [-0.25, -0.2) is 0 Å². The molecular formula is C30H53N7O19S2. The fraction of sp³-hybridized carbons (Fsp3) is 0.800. The highest BCUT2D eigenvalue weighted by molar-refractivity contribution is 7.86. The van der Waals surface area contributed by atoms with Crippen LogP contribution >= 0.6 is 0 Å². The third-order valence-corrected chi connectivity index (χ3v) is 11.0. The van der Waals surface area contributed by atoms with Gasteiger partial charge in [0.25, 0.3) is 20.2 Å². The van der Waals surface area contributed by atoms with Crippen molar-refractivity contribution < 1.29 is 89.7 Å². The highest BCUT2D eigenvalue weighted by Crippen LogP contribution is 2.27. The van der Waals surface area contributed by atoms with Gasteiger partial charge in [0.05, 0.1) is 32.8 Å². The summed E-state index contributed by atoms with van der Waals surface area (Å²) in [5.74, 6) is -6.62. The number of carboxylic acid groups (broad SMARTS) is 3. The molecule has 0 bridgehead atoms. The molecule has 10 N–H and O–H groups in total. The quantitative estimate of drug-likeness (QED) is 0.0401. The lowest BCUT2D eigenvalue weighted by molar-refractivity contribution is -0.257. The lowest BCUT2D eigenvalue weighted by Gasteiger charge is -2.40. The van der Waals surface area contributed by atoms with Crippen LogP contribution in [-0.2, 0) is 58.5 Å². The number of nitrogens with zero attached hydrogens (tertiary/aromatic N) is 4. The van der Waals surface area contributed by atoms with Gasteiger partial charge in [-0.3, -0.25) is 57.5 Å². The Labute approximate surface area is 333 Å². The van der Waals surface area contributed by atoms with Gasteiger partial charge >= 0.3 is 17.9 Å². The highest BCUT2D eigenvalue weighted by atomic mass is 32.2. The second-order valence-electron chi connectivity index (χ2n) is 13.5. The number of aliphatic hydroxyl groups excluding tert-OH is 2. The van der Waals surface area contributed by atoms with E-state index in [1.807, 2.05) is 0 Å². The van der Waals surface area contributed by atoms with Gasteiger partial charge in [0.2, 0.25) is 17.7 Å². The van der Waals surface area contributed by atoms with E-state index >= 15 is 0 Å². The number of likely N-dealkylation sites (N-methyl/N-ethyl adjacent to an activating group) is 1. The number of carbonyl (C=O) groups is 6. The minimum Gasteiger partial charge on any atom is -0.480 e. The van der Waals surface area contributed by atoms with Crippen LogP contribution in [0.2, 0.25) is 0 Å². The van der Waals surface area contributed by atoms with E-state index in [1.54, 1.807) is 19.6 Å². The zero-order valence-electron chi connectivity index (χ0n) is 31.6. The van der Waals surface area contributed by atoms with E-state index in [1.165, 1.54) is 7.05 Å². The van der Waals surface area contributed by atoms with Gasteiger partial charge < -0.3 is 51.0 Å². The maximum Gasteiger partial charge on any atom is 0.317 e. The molecule has 6 atom stereocenters. The predicted molar refractivity (Wildman–Crippen MR) is 195 cm³/mol. The van der Waals surface area contributed by atoms with E-state index < -0.39 is 104 Å². The molecule has 5 unspecified atom stereocenters. The van der Waals surface area contributed by atoms with Gasteiger partial charge in [0.1, 0.15) is 35.4 Å². The summed E-state index contributed by atoms with van der Waals surface area (Å²) >= 11 is 0. The van der Waals surface area contributed by atoms with Gasteiger partial charge in [0.15, 0.2) is 6.29 Å². The summed E-state index contributed by atoms with van der Waals surface area (Å²) < 4.78 is 75.1. The number of hydrogen-bond acceptors (Lipinski definition) is 18. The summed E-state index contributed by atoms with van der Waals surface area (Å²) in [6.07, 6.45) is -8.91. The van der Waals surface area contributed by atoms with Crippen molar-refractivity contribution in [3.05, 3.63) is 0 Å². The lowest BCUT2D eigenvalue weighted by Crippen LogP contribution is -2.62. The van der Waals surface area contributed by atoms with Crippen molar-refractivity contribution in [3.8, 4) is 0 Å². The Kier molecular flexibility index (Phi) is 20.7. The normalized spacial score (nSPS) is 24.4. The molecule has 2 rings (SSSR count). The maximum absolute atomic E-state index is 13.2. The minimum atomic E-state index is -5.19. The number of carbonyl (C=O) groups excluding carboxylic acids is 3. The van der Waals surface area contributed by atoms with E-state index in [0.29, 0.717) is 0 Å². The SMILES string of the molecule is CNC(=O)[C@@H](CCC(=O)NCCOC1OC(CS(=O)(=O)O)C(O)C(S(=O)(=O)O)C1O)NC(=O)CN1CCN(CC(=O)O)CCN(CC(=O)O)CCN(CC(=O)O)CC1. The van der Waals surface area contributed by atoms with Gasteiger partial charge in [-0.05, 0) is 6.42 Å². The summed E-state index contributed by atoms with van der Waals surface area (Å²) in [4.78, 5) is 79.4. The Bertz CT molecular complexity index is 1610. The summed E-state index contributed by atoms with van der Waals surface area (Å²) in [6, 6.07) is -1.21. The van der Waals surface area contributed by atoms with E-state index in [2.05, 4.69) is 16.0 Å². The van der Waals surface area contributed by atoms with Crippen LogP contribution in [-0.4, -0.2) is 247 Å². The van der Waals surface area contributed by atoms with Crippen molar-refractivity contribution in [2.45, 2.75) is 48.7 Å². The number of rotatable bonds is 20. The number of ether oxygens (including phenoxy) is 2. The first-order valence-corrected chi connectivity index (χ1v) is 21.0. The molecule has 0 aliphatic carbocycles. The number of carboxylic acids is 3. The van der Waals surface area contributed by atoms with Crippen molar-refractivity contribution in [1.82, 2.24) is 35.6 Å². The molecule has 0 saturated carbocycles. The number of hydrogen-bond donors (Lipinski definition) is 10. The molecule has 2 saturated heterocycles. The molecule has 0 aromatic rings. The molecule has 0 spiro atoms. The first kappa shape index (κ1) is 50.5. The van der Waals surface area contributed by atoms with Gasteiger partial charge in [-0.15, -0.1) is 0 Å². The summed E-state index contributed by atoms with van der Waals surface area (Å²) in [5.41, 5.74) is 0. The molecule has 26 nitrogen and oxygen atoms in total. The van der Waals surface area contributed by atoms with Crippen molar-refractivity contribution >= 4 is 55.9 Å². The molecular weight excluding hydrogens is 826 g/mol. The van der Waals surface area contributed by atoms with E-state index in [9.17, 15) is 75.7 Å². The average molecular weight is 880 g/mol. The molecule has 2 aliphatic rings. The zero-order valence-corrected chi connectivity index (χ0v) is 33.3. The van der Waals surface area contributed by atoms with Gasteiger partial charge in [0, 0.05) is 72.4 Å². The molecule has 0 aromatic carbocycles. The predicted octanol–water partition coefficient (Wildman–Crippen LogP) is -6.80. The molecule has 3 amide bonds. The van der Waals surface area contributed by atoms with E-state index in [0.717, 1.165) is 0 Å². The maximum atomic E-state index is 13.2. The number of aliphatic hydroxyl groups is 2. The molecule has 28 heteroatoms. The second-order valence-corrected chi connectivity index (χ2v) is 16.6. The third-order valence-electron chi connectivity index (χ3n) is 9.00. The lowest BCUT2D eigenvalue weighted by atomic mass is 10.0. The first-order valence-electron chi connectivity index (χ1n) is 17.9. The molecule has 0 aromatic heterocycles. The molecule has 58 heavy (non-hydrogen) atoms. The standard InChI is InChI=1S/C30H53N7O19S2/c1-31-29(48)19(2-3-21(38)32-4-13-55-30-27(47)28(58(52,53)54)26(46)20(56-30)18-57(49,50)51)33-22(39)14-34-5-7-35(15-23(40)41)9-11-37(17-25(44)45)12-10-36(8-6-34)16-24(42)43/h19-20,26-28,30,46-47H,2-18H2,1H3,(H,31,48)(H,32,38)(H,33,39)(H,40,41)(H,42,43)(H,44,45)(H,49,50,51)(H,52,53,54)/t19-,20?,26?,27?,28?,30?/m1/s1. The Balaban J connectivity index is 2.02. The molecule has 2 fully saturated rings. The molecule has 334 valence electrons. The number of amides is 3. The third kappa shape index (κ3) is 18.9. The van der Waals surface area contributed by atoms with Crippen LogP contribution in [0.3, 0.4) is 0 Å². The van der Waals surface area contributed by atoms with E-state index in [4.69, 9.17) is 14.0 Å². The van der Waals surface area contributed by atoms with Crippen molar-refractivity contribution in [1.29, 1.82) is 0 Å². The van der Waals surface area contributed by atoms with Gasteiger partial charge in [-0.2, -0.15) is 16.8 Å². The van der Waals surface area contributed by atoms with Crippen LogP contribution in [0.1, 0.15) is 12.8 Å². The van der Waals surface area contributed by atoms with Crippen molar-refractivity contribution in [2.24, 2.45) is 0 Å². The van der Waals surface area contributed by atoms with Crippen LogP contribution in [0.4, 0.5) is 0 Å². The Hall–Kier alpha value is -3.68. The Morgan fingerprint density at radius 3 is 1.57 bits per heavy atom. The summed E-state index contributed by atoms with van der Waals surface area (Å²) in [7, 11) is -8.72. The van der Waals surface area contributed by atoms with Gasteiger partial charge in [-0.1, -0.05) is 0 Å². The largest absolute Gasteiger partial charge is 0.480 e. The Morgan fingerprint density at radius 2 is 1.17 bits per heavy atom. The number of aliphatic carboxylic acids is 3. The van der Waals surface area contributed by atoms with Crippen LogP contribution in [0.25, 0.3) is 0 Å². The smallest absolute Gasteiger partial charge is 0.317 e. The van der Waals surface area contributed by atoms with Crippen LogP contribution in [0.15, 0.2) is 0 Å². The zero-order chi connectivity index (χ0) is 43.8. The van der Waals surface area contributed by atoms with Crippen molar-refractivity contribution in [3.63, 3.8) is 0 Å². The minimum absolute atomic E-state index is 0.136. The summed E-state index contributed by atoms with van der Waals surface area (Å²) in [5, 5.41) is 53.7. The molecule has 2 heterocycles. The Morgan fingerprint density at radius 1 is 0.724 bits per heavy atom. The van der Waals surface area contributed by atoms with Crippen LogP contribution < -0.4 is 16.0 Å².